The van der Waals surface area contributed by atoms with Crippen molar-refractivity contribution in [1.82, 2.24) is 10.6 Å². The fourth-order valence-corrected chi connectivity index (χ4v) is 2.98. The molecule has 1 aliphatic rings. The molecule has 0 fully saturated rings. The third-order valence-corrected chi connectivity index (χ3v) is 4.31. The molecule has 2 aromatic rings. The zero-order valence-corrected chi connectivity index (χ0v) is 21.7. The van der Waals surface area contributed by atoms with Crippen LogP contribution in [0, 0.1) is 0 Å². The van der Waals surface area contributed by atoms with E-state index in [0.29, 0.717) is 38.1 Å². The molecule has 2 aromatic carbocycles. The first-order valence-corrected chi connectivity index (χ1v) is 10.8. The fraction of sp³-hybridized carbons (Fsp3) is 0.417. The van der Waals surface area contributed by atoms with Crippen LogP contribution in [-0.4, -0.2) is 50.3 Å². The lowest BCUT2D eigenvalue weighted by atomic mass is 10.1. The quantitative estimate of drug-likeness (QED) is 0.204. The average Bonchev–Trinajstić information content (AvgIpc) is 2.99. The van der Waals surface area contributed by atoms with Crippen molar-refractivity contribution in [2.75, 3.05) is 38.2 Å². The van der Waals surface area contributed by atoms with Crippen molar-refractivity contribution in [2.45, 2.75) is 32.7 Å². The Bertz CT molecular complexity index is 916. The number of nitrogens with zero attached hydrogens (tertiary/aromatic N) is 1. The normalized spacial score (nSPS) is 13.2. The summed E-state index contributed by atoms with van der Waals surface area (Å²) in [6, 6.07) is 15.2. The van der Waals surface area contributed by atoms with Gasteiger partial charge in [0.1, 0.15) is 18.9 Å². The van der Waals surface area contributed by atoms with Gasteiger partial charge in [0.15, 0.2) is 17.5 Å². The molecule has 9 heteroatoms. The molecule has 3 rings (SSSR count). The second-order valence-electron chi connectivity index (χ2n) is 8.39. The number of ether oxygens (including phenoxy) is 3. The number of aliphatic imine (C=N–C) groups is 1. The van der Waals surface area contributed by atoms with Gasteiger partial charge in [-0.1, -0.05) is 18.2 Å². The average molecular weight is 568 g/mol. The molecule has 0 aliphatic carbocycles. The number of carbonyl (C=O) groups excluding carboxylic acids is 1. The number of carbonyl (C=O) groups is 1. The van der Waals surface area contributed by atoms with Gasteiger partial charge in [-0.25, -0.2) is 4.99 Å². The van der Waals surface area contributed by atoms with Crippen molar-refractivity contribution in [3.63, 3.8) is 0 Å². The predicted molar refractivity (Wildman–Crippen MR) is 141 cm³/mol. The summed E-state index contributed by atoms with van der Waals surface area (Å²) in [5, 5.41) is 9.36. The van der Waals surface area contributed by atoms with Crippen molar-refractivity contribution < 1.29 is 19.0 Å². The molecule has 1 amide bonds. The lowest BCUT2D eigenvalue weighted by Gasteiger charge is -2.20. The first-order valence-electron chi connectivity index (χ1n) is 10.8. The Labute approximate surface area is 212 Å². The number of hydrogen-bond acceptors (Lipinski definition) is 5. The SMILES string of the molecule is CC(C)(C)NC(=O)CN=C(NCCOc1ccccc1)Nc1ccc2c(c1)OCCCO2.I. The molecule has 8 nitrogen and oxygen atoms in total. The van der Waals surface area contributed by atoms with Crippen LogP contribution in [0.3, 0.4) is 0 Å². The van der Waals surface area contributed by atoms with Gasteiger partial charge >= 0.3 is 0 Å². The summed E-state index contributed by atoms with van der Waals surface area (Å²) < 4.78 is 17.2. The number of benzene rings is 2. The molecule has 33 heavy (non-hydrogen) atoms. The van der Waals surface area contributed by atoms with E-state index in [9.17, 15) is 4.79 Å². The van der Waals surface area contributed by atoms with Gasteiger partial charge in [0, 0.05) is 23.7 Å². The highest BCUT2D eigenvalue weighted by atomic mass is 127. The van der Waals surface area contributed by atoms with E-state index < -0.39 is 0 Å². The molecule has 0 radical (unpaired) electrons. The Hall–Kier alpha value is -2.69. The number of para-hydroxylation sites is 1. The molecule has 1 heterocycles. The number of hydrogen-bond donors (Lipinski definition) is 3. The van der Waals surface area contributed by atoms with E-state index in [2.05, 4.69) is 20.9 Å². The molecule has 0 saturated heterocycles. The van der Waals surface area contributed by atoms with Crippen LogP contribution in [0.5, 0.6) is 17.2 Å². The van der Waals surface area contributed by atoms with E-state index >= 15 is 0 Å². The van der Waals surface area contributed by atoms with Crippen LogP contribution >= 0.6 is 24.0 Å². The van der Waals surface area contributed by atoms with E-state index in [0.717, 1.165) is 23.6 Å². The van der Waals surface area contributed by atoms with Crippen LogP contribution in [0.15, 0.2) is 53.5 Å². The number of nitrogens with one attached hydrogen (secondary N) is 3. The smallest absolute Gasteiger partial charge is 0.242 e. The van der Waals surface area contributed by atoms with E-state index in [-0.39, 0.29) is 42.0 Å². The monoisotopic (exact) mass is 568 g/mol. The highest BCUT2D eigenvalue weighted by Crippen LogP contribution is 2.32. The van der Waals surface area contributed by atoms with Crippen molar-refractivity contribution in [3.05, 3.63) is 48.5 Å². The fourth-order valence-electron chi connectivity index (χ4n) is 2.98. The Balaban J connectivity index is 0.00000385. The van der Waals surface area contributed by atoms with Gasteiger partial charge in [0.25, 0.3) is 0 Å². The van der Waals surface area contributed by atoms with Crippen LogP contribution in [0.1, 0.15) is 27.2 Å². The summed E-state index contributed by atoms with van der Waals surface area (Å²) in [7, 11) is 0. The number of anilines is 1. The van der Waals surface area contributed by atoms with Crippen molar-refractivity contribution in [3.8, 4) is 17.2 Å². The highest BCUT2D eigenvalue weighted by Gasteiger charge is 2.14. The zero-order chi connectivity index (χ0) is 22.8. The maximum absolute atomic E-state index is 12.2. The summed E-state index contributed by atoms with van der Waals surface area (Å²) in [4.78, 5) is 16.7. The van der Waals surface area contributed by atoms with E-state index in [1.807, 2.05) is 69.3 Å². The second kappa shape index (κ2) is 13.1. The van der Waals surface area contributed by atoms with Gasteiger partial charge in [0.05, 0.1) is 19.8 Å². The van der Waals surface area contributed by atoms with Gasteiger partial charge in [-0.15, -0.1) is 24.0 Å². The summed E-state index contributed by atoms with van der Waals surface area (Å²) in [5.41, 5.74) is 0.464. The second-order valence-corrected chi connectivity index (χ2v) is 8.39. The Morgan fingerprint density at radius 2 is 1.79 bits per heavy atom. The number of halogens is 1. The third-order valence-electron chi connectivity index (χ3n) is 4.31. The number of amides is 1. The van der Waals surface area contributed by atoms with Crippen molar-refractivity contribution in [2.24, 2.45) is 4.99 Å². The molecule has 180 valence electrons. The lowest BCUT2D eigenvalue weighted by Crippen LogP contribution is -2.42. The molecule has 3 N–H and O–H groups in total. The Kier molecular flexibility index (Phi) is 10.6. The Morgan fingerprint density at radius 3 is 2.52 bits per heavy atom. The van der Waals surface area contributed by atoms with E-state index in [1.165, 1.54) is 0 Å². The third kappa shape index (κ3) is 9.77. The van der Waals surface area contributed by atoms with Gasteiger partial charge in [-0.05, 0) is 45.0 Å². The topological polar surface area (TPSA) is 93.2 Å². The van der Waals surface area contributed by atoms with Crippen LogP contribution in [-0.2, 0) is 4.79 Å². The maximum Gasteiger partial charge on any atom is 0.242 e. The molecular weight excluding hydrogens is 535 g/mol. The first-order chi connectivity index (χ1) is 15.4. The van der Waals surface area contributed by atoms with E-state index in [4.69, 9.17) is 14.2 Å². The molecular formula is C24H33IN4O4. The largest absolute Gasteiger partial charge is 0.492 e. The molecule has 0 bridgehead atoms. The molecule has 0 aromatic heterocycles. The van der Waals surface area contributed by atoms with Gasteiger partial charge in [-0.2, -0.15) is 0 Å². The molecule has 0 atom stereocenters. The van der Waals surface area contributed by atoms with Crippen molar-refractivity contribution in [1.29, 1.82) is 0 Å². The summed E-state index contributed by atoms with van der Waals surface area (Å²) in [6.07, 6.45) is 0.843. The molecule has 0 spiro atoms. The molecule has 1 aliphatic heterocycles. The number of guanidine groups is 1. The van der Waals surface area contributed by atoms with Gasteiger partial charge in [0.2, 0.25) is 5.91 Å². The van der Waals surface area contributed by atoms with Crippen LogP contribution in [0.4, 0.5) is 5.69 Å². The minimum atomic E-state index is -0.314. The van der Waals surface area contributed by atoms with E-state index in [1.54, 1.807) is 0 Å². The molecule has 0 unspecified atom stereocenters. The first kappa shape index (κ1) is 26.6. The summed E-state index contributed by atoms with van der Waals surface area (Å²) in [5.74, 6) is 2.52. The standard InChI is InChI=1S/C24H32N4O4.HI/c1-24(2,3)28-22(29)17-26-23(25-12-15-30-19-8-5-4-6-9-19)27-18-10-11-20-21(16-18)32-14-7-13-31-20;/h4-6,8-11,16H,7,12-15,17H2,1-3H3,(H,28,29)(H2,25,26,27);1H. The molecule has 0 saturated carbocycles. The van der Waals surface area contributed by atoms with Crippen LogP contribution < -0.4 is 30.2 Å². The predicted octanol–water partition coefficient (Wildman–Crippen LogP) is 3.82. The number of rotatable bonds is 7. The Morgan fingerprint density at radius 1 is 1.06 bits per heavy atom. The zero-order valence-electron chi connectivity index (χ0n) is 19.3. The minimum absolute atomic E-state index is 0. The summed E-state index contributed by atoms with van der Waals surface area (Å²) >= 11 is 0. The minimum Gasteiger partial charge on any atom is -0.492 e. The van der Waals surface area contributed by atoms with Gasteiger partial charge in [-0.3, -0.25) is 4.79 Å². The lowest BCUT2D eigenvalue weighted by molar-refractivity contribution is -0.121. The summed E-state index contributed by atoms with van der Waals surface area (Å²) in [6.45, 7) is 8.00. The van der Waals surface area contributed by atoms with Gasteiger partial charge < -0.3 is 30.2 Å². The van der Waals surface area contributed by atoms with Crippen LogP contribution in [0.25, 0.3) is 0 Å². The van der Waals surface area contributed by atoms with Crippen molar-refractivity contribution >= 4 is 41.5 Å². The van der Waals surface area contributed by atoms with Crippen LogP contribution in [0.2, 0.25) is 0 Å². The highest BCUT2D eigenvalue weighted by molar-refractivity contribution is 14.0. The maximum atomic E-state index is 12.2. The number of fused-ring (bicyclic) bond motifs is 1.